The molecule has 0 spiro atoms. The molecule has 0 fully saturated rings. The first kappa shape index (κ1) is 30.1. The second-order valence-corrected chi connectivity index (χ2v) is 10.2. The second kappa shape index (κ2) is 12.9. The van der Waals surface area contributed by atoms with Gasteiger partial charge in [-0.15, -0.1) is 0 Å². The van der Waals surface area contributed by atoms with Gasteiger partial charge < -0.3 is 30.2 Å². The maximum atomic E-state index is 13.4. The molecule has 14 heteroatoms. The minimum absolute atomic E-state index is 0.160. The SMILES string of the molecule is CCn1nc(C)cc1C(=O)Nc1nc2c(OCC(=O)NC)cccc2n1CCCCn1c(NC)nc2cc(C(N)=O)ccc21. The largest absolute Gasteiger partial charge is 0.481 e. The third-order valence-electron chi connectivity index (χ3n) is 7.31. The Labute approximate surface area is 253 Å². The lowest BCUT2D eigenvalue weighted by molar-refractivity contribution is -0.122. The molecule has 0 saturated heterocycles. The highest BCUT2D eigenvalue weighted by molar-refractivity contribution is 6.03. The van der Waals surface area contributed by atoms with Crippen LogP contribution in [-0.4, -0.2) is 67.3 Å². The third-order valence-corrected chi connectivity index (χ3v) is 7.31. The fraction of sp³-hybridized carbons (Fsp3) is 0.333. The van der Waals surface area contributed by atoms with Crippen molar-refractivity contribution >= 4 is 51.7 Å². The number of nitrogens with two attached hydrogens (primary N) is 1. The number of para-hydroxylation sites is 1. The number of benzene rings is 2. The van der Waals surface area contributed by atoms with E-state index in [1.165, 1.54) is 0 Å². The number of hydrogen-bond donors (Lipinski definition) is 4. The smallest absolute Gasteiger partial charge is 0.276 e. The molecule has 2 aromatic carbocycles. The van der Waals surface area contributed by atoms with Gasteiger partial charge in [-0.1, -0.05) is 6.07 Å². The van der Waals surface area contributed by atoms with Gasteiger partial charge in [0.05, 0.1) is 22.2 Å². The summed E-state index contributed by atoms with van der Waals surface area (Å²) < 4.78 is 11.4. The Morgan fingerprint density at radius 2 is 1.70 bits per heavy atom. The molecule has 3 amide bonds. The average molecular weight is 601 g/mol. The van der Waals surface area contributed by atoms with Crippen LogP contribution in [0.3, 0.4) is 0 Å². The molecule has 0 radical (unpaired) electrons. The Morgan fingerprint density at radius 1 is 0.955 bits per heavy atom. The highest BCUT2D eigenvalue weighted by Gasteiger charge is 2.20. The van der Waals surface area contributed by atoms with E-state index in [0.717, 1.165) is 29.6 Å². The zero-order valence-electron chi connectivity index (χ0n) is 25.2. The van der Waals surface area contributed by atoms with Gasteiger partial charge in [0.1, 0.15) is 17.0 Å². The molecule has 3 aromatic heterocycles. The number of carbonyl (C=O) groups is 3. The molecule has 0 saturated carbocycles. The number of primary amides is 1. The second-order valence-electron chi connectivity index (χ2n) is 10.2. The molecule has 0 unspecified atom stereocenters. The number of nitrogens with one attached hydrogen (secondary N) is 3. The van der Waals surface area contributed by atoms with Crippen molar-refractivity contribution in [1.29, 1.82) is 0 Å². The van der Waals surface area contributed by atoms with Crippen LogP contribution in [0.2, 0.25) is 0 Å². The highest BCUT2D eigenvalue weighted by atomic mass is 16.5. The zero-order valence-corrected chi connectivity index (χ0v) is 25.2. The minimum atomic E-state index is -0.501. The maximum Gasteiger partial charge on any atom is 0.276 e. The summed E-state index contributed by atoms with van der Waals surface area (Å²) in [5, 5.41) is 13.0. The Hall–Kier alpha value is -5.40. The van der Waals surface area contributed by atoms with E-state index in [2.05, 4.69) is 30.6 Å². The van der Waals surface area contributed by atoms with Crippen molar-refractivity contribution < 1.29 is 19.1 Å². The van der Waals surface area contributed by atoms with Gasteiger partial charge in [-0.05, 0) is 63.1 Å². The van der Waals surface area contributed by atoms with Crippen molar-refractivity contribution in [3.63, 3.8) is 0 Å². The summed E-state index contributed by atoms with van der Waals surface area (Å²) in [6.45, 7) is 5.36. The number of fused-ring (bicyclic) bond motifs is 2. The van der Waals surface area contributed by atoms with Crippen LogP contribution in [0.15, 0.2) is 42.5 Å². The molecular weight excluding hydrogens is 564 g/mol. The standard InChI is InChI=1S/C30H36N10O4/c1-5-40-23(15-18(2)37-40)28(43)36-30-35-26-22(9-8-10-24(26)44-17-25(41)32-3)39(30)14-7-6-13-38-21-12-11-19(27(31)42)16-20(21)34-29(38)33-4/h8-12,15-16H,5-7,13-14,17H2,1-4H3,(H2,31,42)(H,32,41)(H,33,34)(H,35,36,43). The fourth-order valence-electron chi connectivity index (χ4n) is 5.15. The molecule has 0 aliphatic heterocycles. The van der Waals surface area contributed by atoms with Gasteiger partial charge in [0, 0.05) is 39.3 Å². The number of anilines is 2. The lowest BCUT2D eigenvalue weighted by Crippen LogP contribution is -2.24. The Kier molecular flexibility index (Phi) is 8.78. The molecule has 14 nitrogen and oxygen atoms in total. The van der Waals surface area contributed by atoms with Crippen LogP contribution in [0.25, 0.3) is 22.1 Å². The van der Waals surface area contributed by atoms with Crippen molar-refractivity contribution in [2.45, 2.75) is 46.3 Å². The van der Waals surface area contributed by atoms with Gasteiger partial charge in [0.25, 0.3) is 11.8 Å². The number of ether oxygens (including phenoxy) is 1. The van der Waals surface area contributed by atoms with Crippen molar-refractivity contribution in [2.75, 3.05) is 31.3 Å². The number of imidazole rings is 2. The van der Waals surface area contributed by atoms with E-state index in [0.29, 0.717) is 59.6 Å². The van der Waals surface area contributed by atoms with E-state index in [9.17, 15) is 14.4 Å². The Morgan fingerprint density at radius 3 is 2.39 bits per heavy atom. The molecular formula is C30H36N10O4. The number of hydrogen-bond acceptors (Lipinski definition) is 8. The van der Waals surface area contributed by atoms with Crippen LogP contribution in [-0.2, 0) is 24.4 Å². The number of rotatable bonds is 13. The van der Waals surface area contributed by atoms with Crippen LogP contribution >= 0.6 is 0 Å². The third kappa shape index (κ3) is 6.04. The van der Waals surface area contributed by atoms with Gasteiger partial charge in [0.15, 0.2) is 6.61 Å². The molecule has 3 heterocycles. The van der Waals surface area contributed by atoms with E-state index in [4.69, 9.17) is 15.5 Å². The van der Waals surface area contributed by atoms with Gasteiger partial charge in [0.2, 0.25) is 17.8 Å². The van der Waals surface area contributed by atoms with Crippen molar-refractivity contribution in [2.24, 2.45) is 5.73 Å². The van der Waals surface area contributed by atoms with Crippen LogP contribution in [0.4, 0.5) is 11.9 Å². The summed E-state index contributed by atoms with van der Waals surface area (Å²) in [6, 6.07) is 12.5. The lowest BCUT2D eigenvalue weighted by atomic mass is 10.2. The molecule has 230 valence electrons. The first-order valence-electron chi connectivity index (χ1n) is 14.4. The molecule has 5 aromatic rings. The number of carbonyl (C=O) groups excluding carboxylic acids is 3. The fourth-order valence-corrected chi connectivity index (χ4v) is 5.15. The van der Waals surface area contributed by atoms with Crippen molar-refractivity contribution in [1.82, 2.24) is 34.2 Å². The van der Waals surface area contributed by atoms with E-state index in [1.807, 2.05) is 36.6 Å². The number of unbranched alkanes of at least 4 members (excludes halogenated alkanes) is 1. The number of aryl methyl sites for hydroxylation is 4. The monoisotopic (exact) mass is 600 g/mol. The summed E-state index contributed by atoms with van der Waals surface area (Å²) in [4.78, 5) is 46.2. The average Bonchev–Trinajstić information content (AvgIpc) is 3.69. The first-order chi connectivity index (χ1) is 21.2. The van der Waals surface area contributed by atoms with E-state index < -0.39 is 5.91 Å². The highest BCUT2D eigenvalue weighted by Crippen LogP contribution is 2.29. The quantitative estimate of drug-likeness (QED) is 0.149. The number of likely N-dealkylation sites (N-methyl/N-ethyl adjacent to an activating group) is 1. The molecule has 5 N–H and O–H groups in total. The summed E-state index contributed by atoms with van der Waals surface area (Å²) in [5.74, 6) is 0.398. The Balaban J connectivity index is 1.40. The summed E-state index contributed by atoms with van der Waals surface area (Å²) in [7, 11) is 3.34. The van der Waals surface area contributed by atoms with Crippen molar-refractivity contribution in [3.05, 3.63) is 59.4 Å². The van der Waals surface area contributed by atoms with Crippen LogP contribution in [0.1, 0.15) is 46.3 Å². The van der Waals surface area contributed by atoms with Crippen LogP contribution in [0, 0.1) is 6.92 Å². The lowest BCUT2D eigenvalue weighted by Gasteiger charge is -2.12. The first-order valence-corrected chi connectivity index (χ1v) is 14.4. The maximum absolute atomic E-state index is 13.4. The van der Waals surface area contributed by atoms with E-state index >= 15 is 0 Å². The number of nitrogens with zero attached hydrogens (tertiary/aromatic N) is 6. The molecule has 5 rings (SSSR count). The summed E-state index contributed by atoms with van der Waals surface area (Å²) in [6.07, 6.45) is 1.52. The minimum Gasteiger partial charge on any atom is -0.481 e. The van der Waals surface area contributed by atoms with Crippen LogP contribution in [0.5, 0.6) is 5.75 Å². The normalized spacial score (nSPS) is 11.2. The molecule has 0 atom stereocenters. The predicted octanol–water partition coefficient (Wildman–Crippen LogP) is 2.91. The van der Waals surface area contributed by atoms with Gasteiger partial charge in [-0.3, -0.25) is 24.4 Å². The molecule has 44 heavy (non-hydrogen) atoms. The van der Waals surface area contributed by atoms with E-state index in [-0.39, 0.29) is 18.4 Å². The Bertz CT molecular complexity index is 1850. The number of amides is 3. The predicted molar refractivity (Wildman–Crippen MR) is 167 cm³/mol. The topological polar surface area (TPSA) is 176 Å². The van der Waals surface area contributed by atoms with Crippen molar-refractivity contribution in [3.8, 4) is 5.75 Å². The molecule has 0 aliphatic rings. The number of aromatic nitrogens is 6. The van der Waals surface area contributed by atoms with Gasteiger partial charge in [-0.25, -0.2) is 9.97 Å². The molecule has 0 bridgehead atoms. The summed E-state index contributed by atoms with van der Waals surface area (Å²) in [5.41, 5.74) is 9.91. The van der Waals surface area contributed by atoms with E-state index in [1.54, 1.807) is 43.0 Å². The van der Waals surface area contributed by atoms with Gasteiger partial charge >= 0.3 is 0 Å². The van der Waals surface area contributed by atoms with Crippen LogP contribution < -0.4 is 26.4 Å². The summed E-state index contributed by atoms with van der Waals surface area (Å²) >= 11 is 0. The van der Waals surface area contributed by atoms with Gasteiger partial charge in [-0.2, -0.15) is 5.10 Å². The molecule has 0 aliphatic carbocycles. The zero-order chi connectivity index (χ0) is 31.4.